The Hall–Kier alpha value is -5.35. The third-order valence-corrected chi connectivity index (χ3v) is 17.5. The van der Waals surface area contributed by atoms with Crippen molar-refractivity contribution < 1.29 is 75.8 Å². The van der Waals surface area contributed by atoms with Gasteiger partial charge in [-0.2, -0.15) is 0 Å². The van der Waals surface area contributed by atoms with E-state index in [9.17, 15) is 43.5 Å². The van der Waals surface area contributed by atoms with Gasteiger partial charge in [0.2, 0.25) is 0 Å². The Morgan fingerprint density at radius 3 is 0.825 bits per heavy atom. The van der Waals surface area contributed by atoms with E-state index in [1.54, 1.807) is 0 Å². The molecule has 5 atom stereocenters. The molecule has 0 aromatic carbocycles. The lowest BCUT2D eigenvalue weighted by molar-refractivity contribution is -0.161. The Morgan fingerprint density at radius 1 is 0.272 bits per heavy atom. The number of carbonyl (C=O) groups excluding carboxylic acids is 3. The molecule has 0 radical (unpaired) electrons. The minimum Gasteiger partial charge on any atom is -0.463 e. The summed E-state index contributed by atoms with van der Waals surface area (Å²) in [6.45, 7) is 2.20. The molecule has 0 spiro atoms. The van der Waals surface area contributed by atoms with Gasteiger partial charge in [0, 0.05) is 19.3 Å². The Bertz CT molecular complexity index is 2600. The third kappa shape index (κ3) is 77.6. The average Bonchev–Trinajstić information content (AvgIpc) is 0.917. The topological polar surface area (TPSA) is 231 Å². The Balaban J connectivity index is 4.59. The van der Waals surface area contributed by atoms with Crippen molar-refractivity contribution in [2.75, 3.05) is 39.6 Å². The molecule has 0 aliphatic rings. The Labute approximate surface area is 624 Å². The Morgan fingerprint density at radius 2 is 0.505 bits per heavy atom. The van der Waals surface area contributed by atoms with Gasteiger partial charge >= 0.3 is 33.6 Å². The predicted molar refractivity (Wildman–Crippen MR) is 426 cm³/mol. The van der Waals surface area contributed by atoms with Crippen LogP contribution in [0.2, 0.25) is 0 Å². The van der Waals surface area contributed by atoms with Crippen LogP contribution in [0.5, 0.6) is 0 Å². The third-order valence-electron chi connectivity index (χ3n) is 15.6. The summed E-state index contributed by atoms with van der Waals surface area (Å²) in [4.78, 5) is 58.6. The second kappa shape index (κ2) is 76.3. The number of aliphatic hydroxyl groups is 2. The standard InChI is InChI=1S/C85H138O16P2/c1-4-7-10-13-16-19-22-25-28-31-33-34-35-36-37-38-39-40-41-42-43-44-46-49-50-53-56-59-62-65-68-71-83(88)95-74-80(86)75-97-102(91,92)98-76-81(87)77-99-103(93,94)100-79-82(101-85(90)73-70-67-64-61-58-55-52-47-30-27-24-21-18-15-12-9-6-3)78-96-84(89)72-69-66-63-60-57-54-51-48-45-32-29-26-23-20-17-14-11-8-5-2/h7-12,16-21,25-30,33-34,36-37,45,48,52,54-55,57,63,66,80-82,86-87H,4-6,13-15,22-24,31-32,35,38-44,46-47,49-51,53,56,58-62,64-65,67-79H2,1-3H3,(H,91,92)(H,93,94)/b10-7-,11-8-,12-9-,19-16-,20-17-,21-18-,28-25-,29-26-,30-27-,34-33-,37-36-,48-45-,55-52-,57-54-,66-63-. The molecule has 0 rings (SSSR count). The van der Waals surface area contributed by atoms with Crippen LogP contribution in [0.25, 0.3) is 0 Å². The van der Waals surface area contributed by atoms with E-state index in [0.717, 1.165) is 135 Å². The molecular formula is C85H138O16P2. The van der Waals surface area contributed by atoms with Crippen molar-refractivity contribution in [2.24, 2.45) is 0 Å². The molecule has 0 heterocycles. The highest BCUT2D eigenvalue weighted by molar-refractivity contribution is 7.47. The van der Waals surface area contributed by atoms with E-state index in [4.69, 9.17) is 32.3 Å². The SMILES string of the molecule is CC/C=C\C/C=C\C/C=C\C/C=C\C/C=C\C/C=C\CCC(=O)OCC(COP(=O)(O)OCC(O)COP(=O)(O)OCC(O)COC(=O)CCCCCCCCCCCCCCCCC/C=C\C/C=C\C/C=C\C/C=C\C/C=C\CC)OC(=O)CCCCCC/C=C\C/C=C\C/C=C\C/C=C\CC. The van der Waals surface area contributed by atoms with Gasteiger partial charge in [-0.15, -0.1) is 0 Å². The molecule has 0 aliphatic heterocycles. The Kier molecular flexibility index (Phi) is 72.3. The second-order valence-corrected chi connectivity index (χ2v) is 28.3. The normalized spacial score (nSPS) is 15.0. The van der Waals surface area contributed by atoms with Crippen LogP contribution in [-0.4, -0.2) is 95.9 Å². The second-order valence-electron chi connectivity index (χ2n) is 25.4. The van der Waals surface area contributed by atoms with Crippen LogP contribution in [0.3, 0.4) is 0 Å². The molecule has 0 aromatic rings. The number of esters is 3. The zero-order valence-electron chi connectivity index (χ0n) is 63.7. The van der Waals surface area contributed by atoms with Crippen LogP contribution in [0.4, 0.5) is 0 Å². The number of phosphoric acid groups is 2. The summed E-state index contributed by atoms with van der Waals surface area (Å²) in [6, 6.07) is 0. The van der Waals surface area contributed by atoms with Gasteiger partial charge in [-0.3, -0.25) is 32.5 Å². The van der Waals surface area contributed by atoms with Crippen molar-refractivity contribution in [1.29, 1.82) is 0 Å². The van der Waals surface area contributed by atoms with Gasteiger partial charge in [0.05, 0.1) is 26.4 Å². The molecule has 18 heteroatoms. The molecule has 0 bridgehead atoms. The summed E-state index contributed by atoms with van der Waals surface area (Å²) < 4.78 is 61.0. The largest absolute Gasteiger partial charge is 0.472 e. The van der Waals surface area contributed by atoms with Crippen LogP contribution in [0.15, 0.2) is 182 Å². The van der Waals surface area contributed by atoms with Crippen LogP contribution in [-0.2, 0) is 55.8 Å². The summed E-state index contributed by atoms with van der Waals surface area (Å²) in [5.41, 5.74) is 0. The molecular weight excluding hydrogens is 1340 g/mol. The van der Waals surface area contributed by atoms with E-state index in [0.29, 0.717) is 25.7 Å². The molecule has 16 nitrogen and oxygen atoms in total. The number of aliphatic hydroxyl groups excluding tert-OH is 2. The fourth-order valence-electron chi connectivity index (χ4n) is 9.79. The number of carbonyl (C=O) groups is 3. The monoisotopic (exact) mass is 1480 g/mol. The highest BCUT2D eigenvalue weighted by Gasteiger charge is 2.29. The first-order valence-corrected chi connectivity index (χ1v) is 42.1. The molecule has 0 aromatic heterocycles. The van der Waals surface area contributed by atoms with E-state index in [2.05, 4.69) is 185 Å². The number of allylic oxidation sites excluding steroid dienone is 30. The van der Waals surface area contributed by atoms with E-state index in [1.807, 2.05) is 18.2 Å². The van der Waals surface area contributed by atoms with Gasteiger partial charge in [-0.1, -0.05) is 299 Å². The van der Waals surface area contributed by atoms with Crippen LogP contribution in [0.1, 0.15) is 278 Å². The smallest absolute Gasteiger partial charge is 0.463 e. The number of hydrogen-bond donors (Lipinski definition) is 4. The van der Waals surface area contributed by atoms with Crippen molar-refractivity contribution >= 4 is 33.6 Å². The number of hydrogen-bond acceptors (Lipinski definition) is 14. The van der Waals surface area contributed by atoms with Gasteiger partial charge < -0.3 is 34.2 Å². The molecule has 0 saturated heterocycles. The van der Waals surface area contributed by atoms with Crippen LogP contribution < -0.4 is 0 Å². The first kappa shape index (κ1) is 97.7. The quantitative estimate of drug-likeness (QED) is 0.0146. The fraction of sp³-hybridized carbons (Fsp3) is 0.612. The van der Waals surface area contributed by atoms with Crippen molar-refractivity contribution in [3.05, 3.63) is 182 Å². The van der Waals surface area contributed by atoms with Crippen molar-refractivity contribution in [1.82, 2.24) is 0 Å². The molecule has 0 amide bonds. The minimum atomic E-state index is -4.96. The lowest BCUT2D eigenvalue weighted by atomic mass is 10.0. The zero-order valence-corrected chi connectivity index (χ0v) is 65.5. The minimum absolute atomic E-state index is 0.0329. The highest BCUT2D eigenvalue weighted by atomic mass is 31.2. The van der Waals surface area contributed by atoms with E-state index < -0.39 is 91.5 Å². The molecule has 5 unspecified atom stereocenters. The van der Waals surface area contributed by atoms with Gasteiger partial charge in [-0.25, -0.2) is 9.13 Å². The molecule has 0 saturated carbocycles. The molecule has 4 N–H and O–H groups in total. The van der Waals surface area contributed by atoms with Gasteiger partial charge in [0.25, 0.3) is 0 Å². The van der Waals surface area contributed by atoms with Gasteiger partial charge in [0.15, 0.2) is 6.10 Å². The lowest BCUT2D eigenvalue weighted by Crippen LogP contribution is -2.30. The number of phosphoric ester groups is 2. The van der Waals surface area contributed by atoms with E-state index >= 15 is 0 Å². The van der Waals surface area contributed by atoms with Crippen molar-refractivity contribution in [3.8, 4) is 0 Å². The van der Waals surface area contributed by atoms with Crippen molar-refractivity contribution in [2.45, 2.75) is 296 Å². The van der Waals surface area contributed by atoms with Crippen LogP contribution in [0, 0.1) is 0 Å². The highest BCUT2D eigenvalue weighted by Crippen LogP contribution is 2.45. The summed E-state index contributed by atoms with van der Waals surface area (Å²) in [5, 5.41) is 20.6. The maximum atomic E-state index is 13.0. The van der Waals surface area contributed by atoms with Crippen LogP contribution >= 0.6 is 15.6 Å². The average molecular weight is 1480 g/mol. The number of unbranched alkanes of at least 4 members (excludes halogenated alkanes) is 19. The summed E-state index contributed by atoms with van der Waals surface area (Å²) in [6.07, 6.45) is 98.2. The van der Waals surface area contributed by atoms with Gasteiger partial charge in [0.1, 0.15) is 25.4 Å². The number of rotatable bonds is 72. The first-order valence-electron chi connectivity index (χ1n) is 39.1. The summed E-state index contributed by atoms with van der Waals surface area (Å²) >= 11 is 0. The molecule has 0 fully saturated rings. The first-order chi connectivity index (χ1) is 50.2. The molecule has 103 heavy (non-hydrogen) atoms. The van der Waals surface area contributed by atoms with Crippen molar-refractivity contribution in [3.63, 3.8) is 0 Å². The maximum absolute atomic E-state index is 13.0. The molecule has 584 valence electrons. The van der Waals surface area contributed by atoms with E-state index in [1.165, 1.54) is 77.0 Å². The zero-order chi connectivity index (χ0) is 75.2. The fourth-order valence-corrected chi connectivity index (χ4v) is 11.4. The molecule has 0 aliphatic carbocycles. The predicted octanol–water partition coefficient (Wildman–Crippen LogP) is 23.0. The summed E-state index contributed by atoms with van der Waals surface area (Å²) in [5.74, 6) is -1.71. The maximum Gasteiger partial charge on any atom is 0.472 e. The van der Waals surface area contributed by atoms with E-state index in [-0.39, 0.29) is 19.3 Å². The lowest BCUT2D eigenvalue weighted by Gasteiger charge is -2.21. The van der Waals surface area contributed by atoms with Gasteiger partial charge in [-0.05, 0) is 141 Å². The summed E-state index contributed by atoms with van der Waals surface area (Å²) in [7, 11) is -9.83. The number of ether oxygens (including phenoxy) is 3.